The maximum absolute atomic E-state index is 9.52. The van der Waals surface area contributed by atoms with Crippen molar-refractivity contribution >= 4 is 0 Å². The molecule has 0 saturated heterocycles. The second-order valence-electron chi connectivity index (χ2n) is 6.16. The number of aliphatic hydroxyl groups is 1. The number of nitrogens with one attached hydrogen (secondary N) is 1. The maximum atomic E-state index is 9.52. The molecule has 2 heteroatoms. The van der Waals surface area contributed by atoms with Gasteiger partial charge in [-0.2, -0.15) is 0 Å². The molecule has 1 aliphatic rings. The van der Waals surface area contributed by atoms with Crippen LogP contribution in [0.4, 0.5) is 0 Å². The second kappa shape index (κ2) is 6.53. The molecule has 1 aromatic carbocycles. The van der Waals surface area contributed by atoms with Gasteiger partial charge in [-0.3, -0.25) is 0 Å². The highest BCUT2D eigenvalue weighted by atomic mass is 16.3. The monoisotopic (exact) mass is 261 g/mol. The van der Waals surface area contributed by atoms with E-state index in [1.165, 1.54) is 16.7 Å². The Hall–Kier alpha value is -0.860. The predicted molar refractivity (Wildman–Crippen MR) is 80.3 cm³/mol. The first-order chi connectivity index (χ1) is 9.06. The second-order valence-corrected chi connectivity index (χ2v) is 6.16. The largest absolute Gasteiger partial charge is 0.393 e. The van der Waals surface area contributed by atoms with E-state index in [0.29, 0.717) is 6.04 Å². The normalized spacial score (nSPS) is 25.3. The molecule has 2 rings (SSSR count). The molecule has 2 N–H and O–H groups in total. The molecule has 1 atom stereocenters. The Morgan fingerprint density at radius 3 is 2.53 bits per heavy atom. The Labute approximate surface area is 117 Å². The van der Waals surface area contributed by atoms with E-state index in [1.807, 2.05) is 0 Å². The molecule has 0 amide bonds. The zero-order valence-corrected chi connectivity index (χ0v) is 12.4. The molecule has 1 aliphatic carbocycles. The maximum Gasteiger partial charge on any atom is 0.0540 e. The lowest BCUT2D eigenvalue weighted by molar-refractivity contribution is 0.108. The average molecular weight is 261 g/mol. The van der Waals surface area contributed by atoms with Crippen LogP contribution >= 0.6 is 0 Å². The summed E-state index contributed by atoms with van der Waals surface area (Å²) in [6.07, 6.45) is 4.23. The van der Waals surface area contributed by atoms with E-state index in [0.717, 1.165) is 38.1 Å². The third-order valence-electron chi connectivity index (χ3n) is 4.42. The minimum absolute atomic E-state index is 0.0481. The van der Waals surface area contributed by atoms with Gasteiger partial charge < -0.3 is 10.4 Å². The summed E-state index contributed by atoms with van der Waals surface area (Å²) in [4.78, 5) is 0. The van der Waals surface area contributed by atoms with Crippen LogP contribution in [-0.4, -0.2) is 17.8 Å². The van der Waals surface area contributed by atoms with Crippen LogP contribution in [0.1, 0.15) is 55.3 Å². The van der Waals surface area contributed by atoms with Crippen molar-refractivity contribution in [1.82, 2.24) is 5.32 Å². The van der Waals surface area contributed by atoms with E-state index < -0.39 is 0 Å². The highest BCUT2D eigenvalue weighted by Gasteiger charge is 2.19. The number of hydrogen-bond acceptors (Lipinski definition) is 2. The fourth-order valence-corrected chi connectivity index (χ4v) is 3.11. The van der Waals surface area contributed by atoms with Gasteiger partial charge in [0.25, 0.3) is 0 Å². The van der Waals surface area contributed by atoms with Gasteiger partial charge in [0.2, 0.25) is 0 Å². The molecule has 106 valence electrons. The number of hydrogen-bond donors (Lipinski definition) is 2. The van der Waals surface area contributed by atoms with Crippen LogP contribution in [-0.2, 0) is 0 Å². The molecule has 1 unspecified atom stereocenters. The first kappa shape index (κ1) is 14.5. The quantitative estimate of drug-likeness (QED) is 0.869. The lowest BCUT2D eigenvalue weighted by Crippen LogP contribution is -2.29. The Morgan fingerprint density at radius 1 is 1.21 bits per heavy atom. The molecule has 0 radical (unpaired) electrons. The van der Waals surface area contributed by atoms with Crippen molar-refractivity contribution in [3.63, 3.8) is 0 Å². The summed E-state index contributed by atoms with van der Waals surface area (Å²) in [5.74, 6) is 0.733. The SMILES string of the molecule is Cc1ccc(C(C)NCC2CCC(O)CC2)c(C)c1. The number of benzene rings is 1. The van der Waals surface area contributed by atoms with Gasteiger partial charge >= 0.3 is 0 Å². The van der Waals surface area contributed by atoms with E-state index in [2.05, 4.69) is 44.3 Å². The Bertz CT molecular complexity index is 408. The first-order valence-electron chi connectivity index (χ1n) is 7.55. The lowest BCUT2D eigenvalue weighted by atomic mass is 9.87. The summed E-state index contributed by atoms with van der Waals surface area (Å²) in [7, 11) is 0. The molecule has 2 nitrogen and oxygen atoms in total. The minimum atomic E-state index is -0.0481. The highest BCUT2D eigenvalue weighted by molar-refractivity contribution is 5.32. The van der Waals surface area contributed by atoms with Crippen LogP contribution in [0, 0.1) is 19.8 Å². The van der Waals surface area contributed by atoms with Gasteiger partial charge in [0, 0.05) is 6.04 Å². The number of rotatable bonds is 4. The predicted octanol–water partition coefficient (Wildman–Crippen LogP) is 3.51. The van der Waals surface area contributed by atoms with Crippen LogP contribution in [0.15, 0.2) is 18.2 Å². The minimum Gasteiger partial charge on any atom is -0.393 e. The standard InChI is InChI=1S/C17H27NO/c1-12-4-9-17(13(2)10-12)14(3)18-11-15-5-7-16(19)8-6-15/h4,9-10,14-16,18-19H,5-8,11H2,1-3H3. The summed E-state index contributed by atoms with van der Waals surface area (Å²) in [5.41, 5.74) is 4.11. The fraction of sp³-hybridized carbons (Fsp3) is 0.647. The molecule has 1 saturated carbocycles. The summed E-state index contributed by atoms with van der Waals surface area (Å²) in [6.45, 7) is 7.65. The van der Waals surface area contributed by atoms with E-state index in [9.17, 15) is 5.11 Å². The molecular formula is C17H27NO. The van der Waals surface area contributed by atoms with Gasteiger partial charge in [0.05, 0.1) is 6.10 Å². The molecule has 19 heavy (non-hydrogen) atoms. The topological polar surface area (TPSA) is 32.3 Å². The fourth-order valence-electron chi connectivity index (χ4n) is 3.11. The molecule has 0 aromatic heterocycles. The molecule has 1 aromatic rings. The van der Waals surface area contributed by atoms with Crippen LogP contribution < -0.4 is 5.32 Å². The molecule has 0 spiro atoms. The Morgan fingerprint density at radius 2 is 1.89 bits per heavy atom. The van der Waals surface area contributed by atoms with Gasteiger partial charge in [-0.1, -0.05) is 23.8 Å². The molecule has 0 heterocycles. The van der Waals surface area contributed by atoms with Gasteiger partial charge in [0.1, 0.15) is 0 Å². The lowest BCUT2D eigenvalue weighted by Gasteiger charge is -2.27. The summed E-state index contributed by atoms with van der Waals surface area (Å²) < 4.78 is 0. The molecule has 0 aliphatic heterocycles. The van der Waals surface area contributed by atoms with E-state index >= 15 is 0 Å². The summed E-state index contributed by atoms with van der Waals surface area (Å²) in [5, 5.41) is 13.2. The van der Waals surface area contributed by atoms with Crippen molar-refractivity contribution in [3.8, 4) is 0 Å². The highest BCUT2D eigenvalue weighted by Crippen LogP contribution is 2.25. The van der Waals surface area contributed by atoms with E-state index in [-0.39, 0.29) is 6.10 Å². The van der Waals surface area contributed by atoms with E-state index in [4.69, 9.17) is 0 Å². The molecular weight excluding hydrogens is 234 g/mol. The zero-order chi connectivity index (χ0) is 13.8. The van der Waals surface area contributed by atoms with Crippen LogP contribution in [0.5, 0.6) is 0 Å². The summed E-state index contributed by atoms with van der Waals surface area (Å²) >= 11 is 0. The third-order valence-corrected chi connectivity index (χ3v) is 4.42. The molecule has 0 bridgehead atoms. The zero-order valence-electron chi connectivity index (χ0n) is 12.4. The first-order valence-corrected chi connectivity index (χ1v) is 7.55. The van der Waals surface area contributed by atoms with Gasteiger partial charge in [0.15, 0.2) is 0 Å². The third kappa shape index (κ3) is 4.05. The van der Waals surface area contributed by atoms with Gasteiger partial charge in [-0.25, -0.2) is 0 Å². The summed E-state index contributed by atoms with van der Waals surface area (Å²) in [6, 6.07) is 7.10. The van der Waals surface area contributed by atoms with Crippen molar-refractivity contribution in [2.75, 3.05) is 6.54 Å². The van der Waals surface area contributed by atoms with Crippen molar-refractivity contribution in [2.24, 2.45) is 5.92 Å². The smallest absolute Gasteiger partial charge is 0.0540 e. The van der Waals surface area contributed by atoms with Crippen molar-refractivity contribution in [1.29, 1.82) is 0 Å². The van der Waals surface area contributed by atoms with Crippen LogP contribution in [0.25, 0.3) is 0 Å². The van der Waals surface area contributed by atoms with Crippen LogP contribution in [0.2, 0.25) is 0 Å². The van der Waals surface area contributed by atoms with Crippen molar-refractivity contribution in [3.05, 3.63) is 34.9 Å². The number of aryl methyl sites for hydroxylation is 2. The van der Waals surface area contributed by atoms with Crippen molar-refractivity contribution in [2.45, 2.75) is 58.6 Å². The van der Waals surface area contributed by atoms with Gasteiger partial charge in [-0.15, -0.1) is 0 Å². The van der Waals surface area contributed by atoms with E-state index in [1.54, 1.807) is 0 Å². The van der Waals surface area contributed by atoms with Crippen LogP contribution in [0.3, 0.4) is 0 Å². The average Bonchev–Trinajstić information content (AvgIpc) is 2.37. The number of aliphatic hydroxyl groups excluding tert-OH is 1. The van der Waals surface area contributed by atoms with Crippen molar-refractivity contribution < 1.29 is 5.11 Å². The van der Waals surface area contributed by atoms with Gasteiger partial charge in [-0.05, 0) is 70.0 Å². The molecule has 1 fully saturated rings. The Kier molecular flexibility index (Phi) is 5.00. The Balaban J connectivity index is 1.85.